The molecule has 0 aliphatic rings. The van der Waals surface area contributed by atoms with Crippen molar-refractivity contribution in [1.29, 1.82) is 0 Å². The fraction of sp³-hybridized carbons (Fsp3) is 0.100. The van der Waals surface area contributed by atoms with Gasteiger partial charge in [-0.3, -0.25) is 0 Å². The van der Waals surface area contributed by atoms with Crippen molar-refractivity contribution in [3.05, 3.63) is 133 Å². The quantitative estimate of drug-likeness (QED) is 0.197. The molecule has 4 aromatic carbocycles. The maximum absolute atomic E-state index is 13.4. The number of benzene rings is 4. The predicted molar refractivity (Wildman–Crippen MR) is 144 cm³/mol. The third kappa shape index (κ3) is 4.66. The van der Waals surface area contributed by atoms with E-state index in [2.05, 4.69) is 77.5 Å². The Kier molecular flexibility index (Phi) is 7.57. The summed E-state index contributed by atoms with van der Waals surface area (Å²) in [6, 6.07) is 41.4. The number of likely N-dealkylation sites (N-methyl/N-ethyl adjacent to an activating group) is 1. The number of nitrogens with zero attached hydrogens (tertiary/aromatic N) is 1. The minimum atomic E-state index is -2.45. The van der Waals surface area contributed by atoms with Gasteiger partial charge in [0.15, 0.2) is 5.70 Å². The second-order valence-electron chi connectivity index (χ2n) is 7.83. The summed E-state index contributed by atoms with van der Waals surface area (Å²) in [6.45, 7) is 2.15. The third-order valence-electron chi connectivity index (χ3n) is 5.78. The molecular formula is C30H29NO2P+. The molecule has 4 rings (SSSR count). The smallest absolute Gasteiger partial charge is 0.358 e. The molecule has 0 fully saturated rings. The van der Waals surface area contributed by atoms with E-state index in [9.17, 15) is 4.79 Å². The van der Waals surface area contributed by atoms with E-state index in [-0.39, 0.29) is 5.97 Å². The maximum Gasteiger partial charge on any atom is 0.358 e. The van der Waals surface area contributed by atoms with Crippen LogP contribution in [0.3, 0.4) is 0 Å². The van der Waals surface area contributed by atoms with Gasteiger partial charge in [0.25, 0.3) is 0 Å². The van der Waals surface area contributed by atoms with Gasteiger partial charge in [-0.2, -0.15) is 0 Å². The van der Waals surface area contributed by atoms with Crippen LogP contribution in [0.5, 0.6) is 0 Å². The van der Waals surface area contributed by atoms with Gasteiger partial charge in [0.05, 0.1) is 6.61 Å². The number of hydrogen-bond acceptors (Lipinski definition) is 3. The zero-order chi connectivity index (χ0) is 23.8. The Balaban J connectivity index is 2.04. The van der Waals surface area contributed by atoms with Gasteiger partial charge in [-0.05, 0) is 55.0 Å². The Morgan fingerprint density at radius 2 is 1.09 bits per heavy atom. The van der Waals surface area contributed by atoms with Crippen molar-refractivity contribution in [1.82, 2.24) is 4.67 Å². The summed E-state index contributed by atoms with van der Waals surface area (Å²) >= 11 is 0. The van der Waals surface area contributed by atoms with Crippen molar-refractivity contribution < 1.29 is 9.53 Å². The first-order valence-electron chi connectivity index (χ1n) is 11.4. The Hall–Kier alpha value is -3.68. The van der Waals surface area contributed by atoms with E-state index in [1.807, 2.05) is 68.6 Å². The monoisotopic (exact) mass is 466 g/mol. The SMILES string of the molecule is CCOC(=O)/C(=C/c1ccccc1)N(C)[P+](c1ccccc1)(c1ccccc1)c1ccccc1. The molecule has 0 saturated heterocycles. The zero-order valence-corrected chi connectivity index (χ0v) is 20.4. The van der Waals surface area contributed by atoms with Gasteiger partial charge < -0.3 is 4.74 Å². The lowest BCUT2D eigenvalue weighted by Gasteiger charge is -2.36. The maximum atomic E-state index is 13.4. The largest absolute Gasteiger partial charge is 0.461 e. The van der Waals surface area contributed by atoms with E-state index in [1.165, 1.54) is 0 Å². The van der Waals surface area contributed by atoms with Gasteiger partial charge in [0.1, 0.15) is 15.9 Å². The average Bonchev–Trinajstić information content (AvgIpc) is 2.90. The van der Waals surface area contributed by atoms with Crippen molar-refractivity contribution in [2.75, 3.05) is 13.7 Å². The van der Waals surface area contributed by atoms with Gasteiger partial charge in [-0.25, -0.2) is 9.46 Å². The van der Waals surface area contributed by atoms with Crippen molar-refractivity contribution in [2.45, 2.75) is 6.92 Å². The molecule has 0 aliphatic carbocycles. The first-order valence-corrected chi connectivity index (χ1v) is 13.2. The van der Waals surface area contributed by atoms with Crippen LogP contribution in [0.4, 0.5) is 0 Å². The number of esters is 1. The summed E-state index contributed by atoms with van der Waals surface area (Å²) in [5, 5.41) is 3.49. The summed E-state index contributed by atoms with van der Waals surface area (Å²) in [5.74, 6) is -0.332. The Morgan fingerprint density at radius 3 is 1.47 bits per heavy atom. The molecule has 0 bridgehead atoms. The molecule has 0 N–H and O–H groups in total. The number of carbonyl (C=O) groups is 1. The molecule has 0 aliphatic heterocycles. The van der Waals surface area contributed by atoms with Gasteiger partial charge >= 0.3 is 5.97 Å². The first-order chi connectivity index (χ1) is 16.7. The summed E-state index contributed by atoms with van der Waals surface area (Å²) < 4.78 is 7.73. The van der Waals surface area contributed by atoms with E-state index >= 15 is 0 Å². The van der Waals surface area contributed by atoms with E-state index in [1.54, 1.807) is 0 Å². The molecular weight excluding hydrogens is 437 g/mol. The van der Waals surface area contributed by atoms with Crippen molar-refractivity contribution in [2.24, 2.45) is 0 Å². The van der Waals surface area contributed by atoms with Gasteiger partial charge in [-0.15, -0.1) is 0 Å². The molecule has 4 aromatic rings. The highest BCUT2D eigenvalue weighted by Crippen LogP contribution is 2.59. The standard InChI is InChI=1S/C30H29NO2P/c1-3-33-30(32)29(24-25-16-8-4-9-17-25)31(2)34(26-18-10-5-11-19-26,27-20-12-6-13-21-27)28-22-14-7-15-23-28/h4-24H,3H2,1-2H3/q+1/b29-24-. The number of ether oxygens (including phenoxy) is 1. The van der Waals surface area contributed by atoms with Gasteiger partial charge in [-0.1, -0.05) is 84.9 Å². The van der Waals surface area contributed by atoms with Crippen LogP contribution in [0.25, 0.3) is 6.08 Å². The molecule has 0 amide bonds. The minimum absolute atomic E-state index is 0.312. The molecule has 0 spiro atoms. The van der Waals surface area contributed by atoms with Crippen LogP contribution in [-0.2, 0) is 9.53 Å². The van der Waals surface area contributed by atoms with E-state index in [0.717, 1.165) is 21.5 Å². The summed E-state index contributed by atoms with van der Waals surface area (Å²) in [6.07, 6.45) is 1.93. The van der Waals surface area contributed by atoms with E-state index < -0.39 is 7.41 Å². The second-order valence-corrected chi connectivity index (χ2v) is 11.2. The average molecular weight is 467 g/mol. The summed E-state index contributed by atoms with van der Waals surface area (Å²) in [4.78, 5) is 13.4. The lowest BCUT2D eigenvalue weighted by molar-refractivity contribution is -0.139. The molecule has 0 heterocycles. The van der Waals surface area contributed by atoms with E-state index in [4.69, 9.17) is 4.74 Å². The molecule has 0 unspecified atom stereocenters. The molecule has 0 atom stereocenters. The topological polar surface area (TPSA) is 29.5 Å². The van der Waals surface area contributed by atoms with Crippen LogP contribution in [-0.4, -0.2) is 24.3 Å². The molecule has 170 valence electrons. The van der Waals surface area contributed by atoms with Crippen molar-refractivity contribution in [3.63, 3.8) is 0 Å². The number of rotatable bonds is 8. The molecule has 4 heteroatoms. The lowest BCUT2D eigenvalue weighted by Crippen LogP contribution is -2.42. The normalized spacial score (nSPS) is 11.6. The molecule has 0 aromatic heterocycles. The molecule has 34 heavy (non-hydrogen) atoms. The second kappa shape index (κ2) is 11.0. The fourth-order valence-electron chi connectivity index (χ4n) is 4.26. The first kappa shape index (κ1) is 23.5. The van der Waals surface area contributed by atoms with Gasteiger partial charge in [0.2, 0.25) is 7.41 Å². The highest BCUT2D eigenvalue weighted by molar-refractivity contribution is 7.93. The van der Waals surface area contributed by atoms with Crippen molar-refractivity contribution in [3.8, 4) is 0 Å². The summed E-state index contributed by atoms with van der Waals surface area (Å²) in [7, 11) is -0.430. The van der Waals surface area contributed by atoms with Crippen LogP contribution in [0.2, 0.25) is 0 Å². The predicted octanol–water partition coefficient (Wildman–Crippen LogP) is 5.43. The van der Waals surface area contributed by atoms with Crippen LogP contribution in [0.1, 0.15) is 12.5 Å². The minimum Gasteiger partial charge on any atom is -0.461 e. The van der Waals surface area contributed by atoms with Crippen LogP contribution in [0.15, 0.2) is 127 Å². The molecule has 3 nitrogen and oxygen atoms in total. The zero-order valence-electron chi connectivity index (χ0n) is 19.5. The fourth-order valence-corrected chi connectivity index (χ4v) is 8.46. The van der Waals surface area contributed by atoms with Crippen molar-refractivity contribution >= 4 is 35.4 Å². The van der Waals surface area contributed by atoms with Crippen LogP contribution < -0.4 is 15.9 Å². The van der Waals surface area contributed by atoms with Gasteiger partial charge in [0, 0.05) is 7.05 Å². The lowest BCUT2D eigenvalue weighted by atomic mass is 10.2. The summed E-state index contributed by atoms with van der Waals surface area (Å²) in [5.41, 5.74) is 1.47. The van der Waals surface area contributed by atoms with Crippen LogP contribution >= 0.6 is 7.41 Å². The Morgan fingerprint density at radius 1 is 0.706 bits per heavy atom. The number of hydrogen-bond donors (Lipinski definition) is 0. The Bertz CT molecular complexity index is 1130. The third-order valence-corrected chi connectivity index (χ3v) is 10.0. The van der Waals surface area contributed by atoms with E-state index in [0.29, 0.717) is 12.3 Å². The van der Waals surface area contributed by atoms with Crippen LogP contribution in [0, 0.1) is 0 Å². The highest BCUT2D eigenvalue weighted by Gasteiger charge is 2.52. The molecule has 0 radical (unpaired) electrons. The Labute approximate surface area is 202 Å². The molecule has 0 saturated carbocycles. The highest BCUT2D eigenvalue weighted by atomic mass is 31.2. The number of carbonyl (C=O) groups excluding carboxylic acids is 1.